The van der Waals surface area contributed by atoms with Gasteiger partial charge in [-0.15, -0.1) is 0 Å². The Kier molecular flexibility index (Phi) is 16.9. The van der Waals surface area contributed by atoms with Gasteiger partial charge in [-0.25, -0.2) is 9.18 Å². The first-order chi connectivity index (χ1) is 17.7. The van der Waals surface area contributed by atoms with Gasteiger partial charge in [-0.05, 0) is 31.5 Å². The second kappa shape index (κ2) is 19.0. The third kappa shape index (κ3) is 15.0. The van der Waals surface area contributed by atoms with Crippen molar-refractivity contribution in [3.63, 3.8) is 0 Å². The lowest BCUT2D eigenvalue weighted by atomic mass is 10.0. The van der Waals surface area contributed by atoms with E-state index in [0.717, 1.165) is 19.3 Å². The van der Waals surface area contributed by atoms with Crippen LogP contribution in [0.3, 0.4) is 0 Å². The van der Waals surface area contributed by atoms with E-state index in [0.29, 0.717) is 24.6 Å². The Morgan fingerprint density at radius 2 is 1.27 bits per heavy atom. The van der Waals surface area contributed by atoms with E-state index < -0.39 is 41.0 Å². The molecule has 8 heteroatoms. The summed E-state index contributed by atoms with van der Waals surface area (Å²) in [6, 6.07) is 0.460. The van der Waals surface area contributed by atoms with Gasteiger partial charge in [0.05, 0.1) is 17.7 Å². The zero-order valence-electron chi connectivity index (χ0n) is 22.6. The van der Waals surface area contributed by atoms with Crippen LogP contribution in [-0.4, -0.2) is 24.5 Å². The molecule has 1 N–H and O–H groups in total. The summed E-state index contributed by atoms with van der Waals surface area (Å²) in [7, 11) is 0. The molecule has 0 saturated carbocycles. The van der Waals surface area contributed by atoms with Crippen LogP contribution in [0.4, 0.5) is 17.6 Å². The molecule has 0 radical (unpaired) electrons. The molecular formula is C29H45F4NO3. The minimum atomic E-state index is -4.71. The van der Waals surface area contributed by atoms with Crippen LogP contribution in [0.1, 0.15) is 133 Å². The first-order valence-corrected chi connectivity index (χ1v) is 14.0. The lowest BCUT2D eigenvalue weighted by Crippen LogP contribution is -2.40. The van der Waals surface area contributed by atoms with E-state index in [2.05, 4.69) is 12.2 Å². The fourth-order valence-electron chi connectivity index (χ4n) is 4.16. The Labute approximate surface area is 219 Å². The number of nitrogens with one attached hydrogen (secondary N) is 1. The smallest absolute Gasteiger partial charge is 0.416 e. The first-order valence-electron chi connectivity index (χ1n) is 14.0. The summed E-state index contributed by atoms with van der Waals surface area (Å²) in [5.74, 6) is -2.91. The van der Waals surface area contributed by atoms with Crippen molar-refractivity contribution in [3.8, 4) is 0 Å². The zero-order chi connectivity index (χ0) is 27.5. The Morgan fingerprint density at radius 3 is 1.73 bits per heavy atom. The predicted molar refractivity (Wildman–Crippen MR) is 139 cm³/mol. The molecule has 0 fully saturated rings. The number of alkyl halides is 3. The highest BCUT2D eigenvalue weighted by Crippen LogP contribution is 2.30. The van der Waals surface area contributed by atoms with E-state index in [1.165, 1.54) is 84.0 Å². The normalized spacial score (nSPS) is 12.4. The molecule has 37 heavy (non-hydrogen) atoms. The van der Waals surface area contributed by atoms with Crippen molar-refractivity contribution in [2.45, 2.75) is 129 Å². The second-order valence-corrected chi connectivity index (χ2v) is 9.86. The topological polar surface area (TPSA) is 55.4 Å². The highest BCUT2D eigenvalue weighted by Gasteiger charge is 2.32. The van der Waals surface area contributed by atoms with Crippen LogP contribution >= 0.6 is 0 Å². The van der Waals surface area contributed by atoms with E-state index in [1.54, 1.807) is 0 Å². The van der Waals surface area contributed by atoms with Crippen LogP contribution in [0.15, 0.2) is 18.2 Å². The molecule has 1 aromatic rings. The summed E-state index contributed by atoms with van der Waals surface area (Å²) >= 11 is 0. The molecule has 0 saturated heterocycles. The number of benzene rings is 1. The number of amides is 1. The molecule has 1 aromatic carbocycles. The van der Waals surface area contributed by atoms with Crippen molar-refractivity contribution < 1.29 is 31.9 Å². The molecule has 212 valence electrons. The van der Waals surface area contributed by atoms with E-state index >= 15 is 0 Å². The number of carbonyl (C=O) groups excluding carboxylic acids is 2. The highest BCUT2D eigenvalue weighted by molar-refractivity contribution is 5.97. The third-order valence-corrected chi connectivity index (χ3v) is 6.48. The molecule has 0 bridgehead atoms. The molecule has 0 aliphatic heterocycles. The maximum Gasteiger partial charge on any atom is 0.416 e. The maximum absolute atomic E-state index is 13.8. The van der Waals surface area contributed by atoms with Gasteiger partial charge in [0, 0.05) is 0 Å². The average Bonchev–Trinajstić information content (AvgIpc) is 2.85. The van der Waals surface area contributed by atoms with Crippen LogP contribution in [0.25, 0.3) is 0 Å². The molecule has 4 nitrogen and oxygen atoms in total. The number of hydrogen-bond donors (Lipinski definition) is 1. The number of carbonyl (C=O) groups is 2. The Hall–Kier alpha value is -2.12. The van der Waals surface area contributed by atoms with Gasteiger partial charge in [-0.3, -0.25) is 4.79 Å². The van der Waals surface area contributed by atoms with Crippen molar-refractivity contribution in [3.05, 3.63) is 35.1 Å². The summed E-state index contributed by atoms with van der Waals surface area (Å²) in [4.78, 5) is 24.2. The van der Waals surface area contributed by atoms with E-state index in [-0.39, 0.29) is 6.61 Å². The fraction of sp³-hybridized carbons (Fsp3) is 0.724. The predicted octanol–water partition coefficient (Wildman–Crippen LogP) is 8.77. The monoisotopic (exact) mass is 531 g/mol. The van der Waals surface area contributed by atoms with E-state index in [9.17, 15) is 27.2 Å². The largest absolute Gasteiger partial charge is 0.464 e. The number of rotatable bonds is 20. The van der Waals surface area contributed by atoms with Crippen LogP contribution in [0.5, 0.6) is 0 Å². The quantitative estimate of drug-likeness (QED) is 0.104. The molecule has 0 aliphatic rings. The molecule has 1 rings (SSSR count). The third-order valence-electron chi connectivity index (χ3n) is 6.48. The minimum absolute atomic E-state index is 0.204. The van der Waals surface area contributed by atoms with Crippen molar-refractivity contribution >= 4 is 11.9 Å². The van der Waals surface area contributed by atoms with Gasteiger partial charge >= 0.3 is 12.1 Å². The van der Waals surface area contributed by atoms with Gasteiger partial charge in [-0.1, -0.05) is 103 Å². The summed E-state index contributed by atoms with van der Waals surface area (Å²) in [5, 5.41) is 2.20. The SMILES string of the molecule is CCCCCCCCCCCCCCCCCCOC(=O)C(C)NC(=O)c1cc(C(F)(F)F)ccc1F. The average molecular weight is 532 g/mol. The number of hydrogen-bond acceptors (Lipinski definition) is 3. The van der Waals surface area contributed by atoms with Crippen molar-refractivity contribution in [2.24, 2.45) is 0 Å². The maximum atomic E-state index is 13.8. The van der Waals surface area contributed by atoms with Gasteiger partial charge in [-0.2, -0.15) is 13.2 Å². The summed E-state index contributed by atoms with van der Waals surface area (Å²) in [6.07, 6.45) is 15.1. The molecule has 1 atom stereocenters. The van der Waals surface area contributed by atoms with E-state index in [4.69, 9.17) is 4.74 Å². The Balaban J connectivity index is 2.06. The zero-order valence-corrected chi connectivity index (χ0v) is 22.6. The van der Waals surface area contributed by atoms with Crippen molar-refractivity contribution in [1.29, 1.82) is 0 Å². The van der Waals surface area contributed by atoms with E-state index in [1.807, 2.05) is 0 Å². The first kappa shape index (κ1) is 32.9. The molecule has 0 heterocycles. The van der Waals surface area contributed by atoms with Gasteiger partial charge < -0.3 is 10.1 Å². The molecule has 1 amide bonds. The summed E-state index contributed by atoms with van der Waals surface area (Å²) < 4.78 is 57.4. The molecule has 1 unspecified atom stereocenters. The minimum Gasteiger partial charge on any atom is -0.464 e. The lowest BCUT2D eigenvalue weighted by molar-refractivity contribution is -0.145. The van der Waals surface area contributed by atoms with Crippen molar-refractivity contribution in [1.82, 2.24) is 5.32 Å². The van der Waals surface area contributed by atoms with Gasteiger partial charge in [0.25, 0.3) is 5.91 Å². The molecule has 0 aromatic heterocycles. The van der Waals surface area contributed by atoms with Crippen molar-refractivity contribution in [2.75, 3.05) is 6.61 Å². The van der Waals surface area contributed by atoms with Crippen LogP contribution in [-0.2, 0) is 15.7 Å². The number of ether oxygens (including phenoxy) is 1. The van der Waals surface area contributed by atoms with Crippen LogP contribution in [0, 0.1) is 5.82 Å². The molecule has 0 spiro atoms. The number of esters is 1. The Morgan fingerprint density at radius 1 is 0.811 bits per heavy atom. The lowest BCUT2D eigenvalue weighted by Gasteiger charge is -2.15. The van der Waals surface area contributed by atoms with Crippen LogP contribution < -0.4 is 5.32 Å². The van der Waals surface area contributed by atoms with Gasteiger partial charge in [0.2, 0.25) is 0 Å². The highest BCUT2D eigenvalue weighted by atomic mass is 19.4. The second-order valence-electron chi connectivity index (χ2n) is 9.86. The van der Waals surface area contributed by atoms with Gasteiger partial charge in [0.1, 0.15) is 11.9 Å². The van der Waals surface area contributed by atoms with Gasteiger partial charge in [0.15, 0.2) is 0 Å². The number of unbranched alkanes of at least 4 members (excludes halogenated alkanes) is 15. The molecule has 0 aliphatic carbocycles. The molecular weight excluding hydrogens is 486 g/mol. The Bertz CT molecular complexity index is 783. The van der Waals surface area contributed by atoms with Crippen LogP contribution in [0.2, 0.25) is 0 Å². The standard InChI is InChI=1S/C29H45F4NO3/c1-3-4-5-6-7-8-9-10-11-12-13-14-15-16-17-18-21-37-28(36)23(2)34-27(35)25-22-24(29(31,32)33)19-20-26(25)30/h19-20,22-23H,3-18,21H2,1-2H3,(H,34,35). The summed E-state index contributed by atoms with van der Waals surface area (Å²) in [6.45, 7) is 3.79. The number of halogens is 4. The summed E-state index contributed by atoms with van der Waals surface area (Å²) in [5.41, 5.74) is -1.91. The fourth-order valence-corrected chi connectivity index (χ4v) is 4.16.